The van der Waals surface area contributed by atoms with Gasteiger partial charge in [0.25, 0.3) is 0 Å². The number of rotatable bonds is 4. The van der Waals surface area contributed by atoms with Crippen LogP contribution in [-0.4, -0.2) is 12.6 Å². The summed E-state index contributed by atoms with van der Waals surface area (Å²) < 4.78 is 0.906. The van der Waals surface area contributed by atoms with Gasteiger partial charge >= 0.3 is 0 Å². The number of nitrogens with zero attached hydrogens (tertiary/aromatic N) is 1. The molecule has 0 radical (unpaired) electrons. The second-order valence-corrected chi connectivity index (χ2v) is 4.95. The monoisotopic (exact) mass is 281 g/mol. The molecule has 0 aromatic heterocycles. The van der Waals surface area contributed by atoms with E-state index in [4.69, 9.17) is 11.0 Å². The fourth-order valence-electron chi connectivity index (χ4n) is 1.43. The van der Waals surface area contributed by atoms with Crippen molar-refractivity contribution in [2.75, 3.05) is 11.9 Å². The van der Waals surface area contributed by atoms with E-state index in [0.29, 0.717) is 18.0 Å². The molecule has 0 aliphatic heterocycles. The van der Waals surface area contributed by atoms with Crippen molar-refractivity contribution in [3.63, 3.8) is 0 Å². The number of nitriles is 1. The Kier molecular flexibility index (Phi) is 4.78. The van der Waals surface area contributed by atoms with Crippen LogP contribution in [0.3, 0.4) is 0 Å². The van der Waals surface area contributed by atoms with Crippen molar-refractivity contribution in [1.29, 1.82) is 5.26 Å². The average molecular weight is 282 g/mol. The smallest absolute Gasteiger partial charge is 0.101 e. The van der Waals surface area contributed by atoms with Gasteiger partial charge in [0.1, 0.15) is 6.07 Å². The largest absolute Gasteiger partial charge is 0.380 e. The Morgan fingerprint density at radius 1 is 1.50 bits per heavy atom. The van der Waals surface area contributed by atoms with Crippen molar-refractivity contribution in [3.05, 3.63) is 28.2 Å². The summed E-state index contributed by atoms with van der Waals surface area (Å²) in [6.07, 6.45) is 0. The predicted octanol–water partition coefficient (Wildman–Crippen LogP) is 2.72. The number of halogens is 1. The van der Waals surface area contributed by atoms with Crippen LogP contribution < -0.4 is 11.1 Å². The molecule has 3 nitrogen and oxygen atoms in total. The molecule has 1 aromatic rings. The molecule has 1 unspecified atom stereocenters. The molecule has 3 N–H and O–H groups in total. The van der Waals surface area contributed by atoms with Gasteiger partial charge in [-0.05, 0) is 24.1 Å². The zero-order valence-corrected chi connectivity index (χ0v) is 11.1. The van der Waals surface area contributed by atoms with E-state index in [9.17, 15) is 0 Å². The van der Waals surface area contributed by atoms with Crippen LogP contribution in [0.1, 0.15) is 19.4 Å². The SMILES string of the molecule is CC(C)C(CN)Nc1ccc(Br)cc1C#N. The molecule has 1 aromatic carbocycles. The molecular weight excluding hydrogens is 266 g/mol. The second kappa shape index (κ2) is 5.88. The standard InChI is InChI=1S/C12H16BrN3/c1-8(2)12(7-15)16-11-4-3-10(13)5-9(11)6-14/h3-5,8,12,16H,7,15H2,1-2H3. The molecule has 4 heteroatoms. The summed E-state index contributed by atoms with van der Waals surface area (Å²) in [5, 5.41) is 12.3. The summed E-state index contributed by atoms with van der Waals surface area (Å²) >= 11 is 3.35. The van der Waals surface area contributed by atoms with Crippen molar-refractivity contribution >= 4 is 21.6 Å². The summed E-state index contributed by atoms with van der Waals surface area (Å²) in [5.41, 5.74) is 7.16. The minimum Gasteiger partial charge on any atom is -0.380 e. The Morgan fingerprint density at radius 2 is 2.19 bits per heavy atom. The molecule has 1 atom stereocenters. The van der Waals surface area contributed by atoms with Crippen molar-refractivity contribution in [2.24, 2.45) is 11.7 Å². The van der Waals surface area contributed by atoms with Crippen LogP contribution in [0.5, 0.6) is 0 Å². The number of nitrogens with one attached hydrogen (secondary N) is 1. The minimum atomic E-state index is 0.188. The molecule has 0 spiro atoms. The van der Waals surface area contributed by atoms with Crippen LogP contribution in [-0.2, 0) is 0 Å². The summed E-state index contributed by atoms with van der Waals surface area (Å²) in [4.78, 5) is 0. The topological polar surface area (TPSA) is 61.8 Å². The van der Waals surface area contributed by atoms with Crippen LogP contribution in [0.2, 0.25) is 0 Å². The summed E-state index contributed by atoms with van der Waals surface area (Å²) in [6.45, 7) is 4.77. The fraction of sp³-hybridized carbons (Fsp3) is 0.417. The van der Waals surface area contributed by atoms with Crippen LogP contribution >= 0.6 is 15.9 Å². The predicted molar refractivity (Wildman–Crippen MR) is 70.2 cm³/mol. The summed E-state index contributed by atoms with van der Waals surface area (Å²) in [6, 6.07) is 7.97. The number of anilines is 1. The van der Waals surface area contributed by atoms with Crippen LogP contribution in [0, 0.1) is 17.2 Å². The molecule has 1 rings (SSSR count). The van der Waals surface area contributed by atoms with E-state index in [1.165, 1.54) is 0 Å². The van der Waals surface area contributed by atoms with Crippen molar-refractivity contribution in [3.8, 4) is 6.07 Å². The Labute approximate surface area is 105 Å². The maximum absolute atomic E-state index is 9.02. The zero-order chi connectivity index (χ0) is 12.1. The van der Waals surface area contributed by atoms with Gasteiger partial charge in [-0.25, -0.2) is 0 Å². The van der Waals surface area contributed by atoms with Gasteiger partial charge in [-0.15, -0.1) is 0 Å². The van der Waals surface area contributed by atoms with Gasteiger partial charge < -0.3 is 11.1 Å². The quantitative estimate of drug-likeness (QED) is 0.892. The van der Waals surface area contributed by atoms with Gasteiger partial charge in [0.2, 0.25) is 0 Å². The summed E-state index contributed by atoms with van der Waals surface area (Å²) in [5.74, 6) is 0.431. The van der Waals surface area contributed by atoms with Gasteiger partial charge in [-0.1, -0.05) is 29.8 Å². The van der Waals surface area contributed by atoms with Gasteiger partial charge in [0.05, 0.1) is 11.3 Å². The van der Waals surface area contributed by atoms with E-state index >= 15 is 0 Å². The average Bonchev–Trinajstić information content (AvgIpc) is 2.26. The lowest BCUT2D eigenvalue weighted by Gasteiger charge is -2.22. The van der Waals surface area contributed by atoms with Crippen molar-refractivity contribution in [1.82, 2.24) is 0 Å². The maximum atomic E-state index is 9.02. The Balaban J connectivity index is 2.92. The molecule has 86 valence electrons. The van der Waals surface area contributed by atoms with Crippen LogP contribution in [0.15, 0.2) is 22.7 Å². The highest BCUT2D eigenvalue weighted by molar-refractivity contribution is 9.10. The molecular formula is C12H16BrN3. The van der Waals surface area contributed by atoms with E-state index < -0.39 is 0 Å². The lowest BCUT2D eigenvalue weighted by Crippen LogP contribution is -2.33. The normalized spacial score (nSPS) is 12.2. The third kappa shape index (κ3) is 3.22. The molecule has 0 saturated heterocycles. The lowest BCUT2D eigenvalue weighted by atomic mass is 10.0. The van der Waals surface area contributed by atoms with Gasteiger partial charge in [-0.3, -0.25) is 0 Å². The van der Waals surface area contributed by atoms with E-state index in [0.717, 1.165) is 10.2 Å². The Morgan fingerprint density at radius 3 is 2.69 bits per heavy atom. The van der Waals surface area contributed by atoms with E-state index in [2.05, 4.69) is 41.2 Å². The first-order chi connectivity index (χ1) is 7.58. The number of hydrogen-bond donors (Lipinski definition) is 2. The highest BCUT2D eigenvalue weighted by Crippen LogP contribution is 2.21. The summed E-state index contributed by atoms with van der Waals surface area (Å²) in [7, 11) is 0. The first-order valence-electron chi connectivity index (χ1n) is 5.24. The molecule has 16 heavy (non-hydrogen) atoms. The first-order valence-corrected chi connectivity index (χ1v) is 6.04. The van der Waals surface area contributed by atoms with Crippen LogP contribution in [0.4, 0.5) is 5.69 Å². The third-order valence-electron chi connectivity index (χ3n) is 2.50. The molecule has 0 aliphatic carbocycles. The second-order valence-electron chi connectivity index (χ2n) is 4.03. The maximum Gasteiger partial charge on any atom is 0.101 e. The molecule has 0 heterocycles. The molecule has 0 bridgehead atoms. The van der Waals surface area contributed by atoms with E-state index in [1.807, 2.05) is 12.1 Å². The highest BCUT2D eigenvalue weighted by Gasteiger charge is 2.12. The van der Waals surface area contributed by atoms with Crippen molar-refractivity contribution in [2.45, 2.75) is 19.9 Å². The van der Waals surface area contributed by atoms with Gasteiger partial charge in [-0.2, -0.15) is 5.26 Å². The Hall–Kier alpha value is -1.05. The lowest BCUT2D eigenvalue weighted by molar-refractivity contribution is 0.531. The zero-order valence-electron chi connectivity index (χ0n) is 9.50. The number of nitrogens with two attached hydrogens (primary N) is 1. The molecule has 0 aliphatic rings. The van der Waals surface area contributed by atoms with Gasteiger partial charge in [0, 0.05) is 17.1 Å². The minimum absolute atomic E-state index is 0.188. The first kappa shape index (κ1) is 13.0. The van der Waals surface area contributed by atoms with E-state index in [-0.39, 0.29) is 6.04 Å². The van der Waals surface area contributed by atoms with E-state index in [1.54, 1.807) is 6.07 Å². The molecule has 0 saturated carbocycles. The molecule has 0 amide bonds. The van der Waals surface area contributed by atoms with Crippen LogP contribution in [0.25, 0.3) is 0 Å². The third-order valence-corrected chi connectivity index (χ3v) is 2.99. The molecule has 0 fully saturated rings. The number of hydrogen-bond acceptors (Lipinski definition) is 3. The number of benzene rings is 1. The fourth-order valence-corrected chi connectivity index (χ4v) is 1.79. The van der Waals surface area contributed by atoms with Gasteiger partial charge in [0.15, 0.2) is 0 Å². The van der Waals surface area contributed by atoms with Crippen molar-refractivity contribution < 1.29 is 0 Å². The Bertz CT molecular complexity index is 396. The highest BCUT2D eigenvalue weighted by atomic mass is 79.9.